The number of benzene rings is 1. The van der Waals surface area contributed by atoms with Crippen LogP contribution in [-0.4, -0.2) is 41.6 Å². The fourth-order valence-electron chi connectivity index (χ4n) is 2.74. The number of anilines is 1. The van der Waals surface area contributed by atoms with Crippen LogP contribution in [0.25, 0.3) is 0 Å². The molecule has 1 atom stereocenters. The molecule has 25 heavy (non-hydrogen) atoms. The van der Waals surface area contributed by atoms with E-state index in [1.54, 1.807) is 18.5 Å². The zero-order chi connectivity index (χ0) is 17.6. The molecule has 1 N–H and O–H groups in total. The van der Waals surface area contributed by atoms with Crippen LogP contribution in [0.3, 0.4) is 0 Å². The van der Waals surface area contributed by atoms with E-state index in [1.807, 2.05) is 4.90 Å². The molecule has 1 unspecified atom stereocenters. The molecule has 1 saturated heterocycles. The number of nitrogens with one attached hydrogen (secondary N) is 1. The van der Waals surface area contributed by atoms with Crippen molar-refractivity contribution in [2.75, 3.05) is 24.6 Å². The van der Waals surface area contributed by atoms with Crippen LogP contribution in [0.5, 0.6) is 5.75 Å². The van der Waals surface area contributed by atoms with Gasteiger partial charge in [-0.05, 0) is 31.0 Å². The molecule has 0 saturated carbocycles. The highest BCUT2D eigenvalue weighted by molar-refractivity contribution is 5.78. The number of nitrogens with zero attached hydrogens (tertiary/aromatic N) is 3. The van der Waals surface area contributed by atoms with Crippen LogP contribution in [0.15, 0.2) is 36.7 Å². The number of hydrogen-bond acceptors (Lipinski definition) is 5. The minimum atomic E-state index is -0.835. The first-order valence-corrected chi connectivity index (χ1v) is 8.01. The van der Waals surface area contributed by atoms with E-state index < -0.39 is 11.6 Å². The molecule has 0 spiro atoms. The third-order valence-corrected chi connectivity index (χ3v) is 3.87. The Morgan fingerprint density at radius 3 is 2.88 bits per heavy atom. The fourth-order valence-corrected chi connectivity index (χ4v) is 2.74. The van der Waals surface area contributed by atoms with E-state index in [0.717, 1.165) is 31.5 Å². The van der Waals surface area contributed by atoms with Crippen molar-refractivity contribution in [2.45, 2.75) is 18.9 Å². The zero-order valence-electron chi connectivity index (χ0n) is 13.5. The molecule has 1 fully saturated rings. The Balaban J connectivity index is 1.50. The summed E-state index contributed by atoms with van der Waals surface area (Å²) in [5.74, 6) is -1.41. The molecule has 6 nitrogen and oxygen atoms in total. The Bertz CT molecular complexity index is 730. The maximum absolute atomic E-state index is 13.5. The average Bonchev–Trinajstić information content (AvgIpc) is 2.62. The molecule has 1 aliphatic heterocycles. The topological polar surface area (TPSA) is 67.3 Å². The summed E-state index contributed by atoms with van der Waals surface area (Å²) < 4.78 is 31.4. The third kappa shape index (κ3) is 4.62. The SMILES string of the molecule is O=C(COc1ccc(F)cc1F)NC1CCCN(c2ncccn2)C1. The number of rotatable bonds is 5. The smallest absolute Gasteiger partial charge is 0.258 e. The van der Waals surface area contributed by atoms with Crippen molar-refractivity contribution in [3.05, 3.63) is 48.3 Å². The Morgan fingerprint density at radius 1 is 1.32 bits per heavy atom. The van der Waals surface area contributed by atoms with Crippen molar-refractivity contribution in [1.29, 1.82) is 0 Å². The van der Waals surface area contributed by atoms with Gasteiger partial charge in [0.25, 0.3) is 5.91 Å². The molecule has 0 radical (unpaired) electrons. The van der Waals surface area contributed by atoms with Crippen LogP contribution in [0, 0.1) is 11.6 Å². The van der Waals surface area contributed by atoms with Gasteiger partial charge < -0.3 is 15.0 Å². The van der Waals surface area contributed by atoms with Gasteiger partial charge in [-0.1, -0.05) is 0 Å². The summed E-state index contributed by atoms with van der Waals surface area (Å²) in [5.41, 5.74) is 0. The van der Waals surface area contributed by atoms with Crippen LogP contribution >= 0.6 is 0 Å². The second kappa shape index (κ2) is 7.87. The lowest BCUT2D eigenvalue weighted by Gasteiger charge is -2.33. The minimum Gasteiger partial charge on any atom is -0.481 e. The number of ether oxygens (including phenoxy) is 1. The van der Waals surface area contributed by atoms with E-state index >= 15 is 0 Å². The normalized spacial score (nSPS) is 17.2. The minimum absolute atomic E-state index is 0.0632. The van der Waals surface area contributed by atoms with Crippen molar-refractivity contribution in [3.8, 4) is 5.75 Å². The van der Waals surface area contributed by atoms with Crippen molar-refractivity contribution >= 4 is 11.9 Å². The van der Waals surface area contributed by atoms with Gasteiger partial charge in [0, 0.05) is 37.6 Å². The fraction of sp³-hybridized carbons (Fsp3) is 0.353. The largest absolute Gasteiger partial charge is 0.481 e. The lowest BCUT2D eigenvalue weighted by atomic mass is 10.1. The van der Waals surface area contributed by atoms with E-state index in [-0.39, 0.29) is 24.3 Å². The van der Waals surface area contributed by atoms with Gasteiger partial charge in [0.1, 0.15) is 5.82 Å². The lowest BCUT2D eigenvalue weighted by molar-refractivity contribution is -0.123. The molecule has 1 aromatic carbocycles. The van der Waals surface area contributed by atoms with Crippen LogP contribution in [0.4, 0.5) is 14.7 Å². The summed E-state index contributed by atoms with van der Waals surface area (Å²) in [6, 6.07) is 4.64. The van der Waals surface area contributed by atoms with Crippen LogP contribution < -0.4 is 15.0 Å². The van der Waals surface area contributed by atoms with E-state index in [4.69, 9.17) is 4.74 Å². The summed E-state index contributed by atoms with van der Waals surface area (Å²) in [5, 5.41) is 2.86. The van der Waals surface area contributed by atoms with E-state index in [9.17, 15) is 13.6 Å². The molecule has 1 aliphatic rings. The summed E-state index contributed by atoms with van der Waals surface area (Å²) in [7, 11) is 0. The Hall–Kier alpha value is -2.77. The van der Waals surface area contributed by atoms with Crippen molar-refractivity contribution < 1.29 is 18.3 Å². The molecule has 8 heteroatoms. The number of piperidine rings is 1. The first-order valence-electron chi connectivity index (χ1n) is 8.01. The molecule has 0 bridgehead atoms. The molecular formula is C17H18F2N4O2. The Morgan fingerprint density at radius 2 is 2.12 bits per heavy atom. The third-order valence-electron chi connectivity index (χ3n) is 3.87. The van der Waals surface area contributed by atoms with Gasteiger partial charge >= 0.3 is 0 Å². The number of amides is 1. The van der Waals surface area contributed by atoms with Gasteiger partial charge in [0.2, 0.25) is 5.95 Å². The van der Waals surface area contributed by atoms with Gasteiger partial charge in [-0.25, -0.2) is 18.7 Å². The summed E-state index contributed by atoms with van der Waals surface area (Å²) in [6.45, 7) is 1.09. The standard InChI is InChI=1S/C17H18F2N4O2/c18-12-4-5-15(14(19)9-12)25-11-16(24)22-13-3-1-8-23(10-13)17-20-6-2-7-21-17/h2,4-7,9,13H,1,3,8,10-11H2,(H,22,24). The molecule has 132 valence electrons. The predicted molar refractivity (Wildman–Crippen MR) is 87.3 cm³/mol. The first kappa shape index (κ1) is 17.1. The van der Waals surface area contributed by atoms with E-state index in [1.165, 1.54) is 0 Å². The maximum Gasteiger partial charge on any atom is 0.258 e. The number of aromatic nitrogens is 2. The van der Waals surface area contributed by atoms with Crippen LogP contribution in [0.1, 0.15) is 12.8 Å². The van der Waals surface area contributed by atoms with Crippen LogP contribution in [-0.2, 0) is 4.79 Å². The maximum atomic E-state index is 13.5. The molecule has 1 amide bonds. The lowest BCUT2D eigenvalue weighted by Crippen LogP contribution is -2.49. The van der Waals surface area contributed by atoms with Gasteiger partial charge in [-0.2, -0.15) is 0 Å². The molecule has 2 heterocycles. The van der Waals surface area contributed by atoms with Gasteiger partial charge in [-0.3, -0.25) is 4.79 Å². The number of hydrogen-bond donors (Lipinski definition) is 1. The van der Waals surface area contributed by atoms with Crippen molar-refractivity contribution in [1.82, 2.24) is 15.3 Å². The highest BCUT2D eigenvalue weighted by atomic mass is 19.1. The molecule has 2 aromatic rings. The number of carbonyl (C=O) groups excluding carboxylic acids is 1. The molecule has 1 aromatic heterocycles. The van der Waals surface area contributed by atoms with E-state index in [0.29, 0.717) is 18.6 Å². The van der Waals surface area contributed by atoms with E-state index in [2.05, 4.69) is 15.3 Å². The van der Waals surface area contributed by atoms with Gasteiger partial charge in [-0.15, -0.1) is 0 Å². The summed E-state index contributed by atoms with van der Waals surface area (Å²) in [4.78, 5) is 22.5. The monoisotopic (exact) mass is 348 g/mol. The average molecular weight is 348 g/mol. The number of halogens is 2. The second-order valence-electron chi connectivity index (χ2n) is 5.76. The van der Waals surface area contributed by atoms with Gasteiger partial charge in [0.05, 0.1) is 0 Å². The molecular weight excluding hydrogens is 330 g/mol. The second-order valence-corrected chi connectivity index (χ2v) is 5.76. The first-order chi connectivity index (χ1) is 12.1. The highest BCUT2D eigenvalue weighted by Crippen LogP contribution is 2.18. The van der Waals surface area contributed by atoms with Crippen molar-refractivity contribution in [3.63, 3.8) is 0 Å². The quantitative estimate of drug-likeness (QED) is 0.894. The summed E-state index contributed by atoms with van der Waals surface area (Å²) >= 11 is 0. The Kier molecular flexibility index (Phi) is 5.37. The molecule has 3 rings (SSSR count). The highest BCUT2D eigenvalue weighted by Gasteiger charge is 2.23. The van der Waals surface area contributed by atoms with Crippen molar-refractivity contribution in [2.24, 2.45) is 0 Å². The van der Waals surface area contributed by atoms with Gasteiger partial charge in [0.15, 0.2) is 18.2 Å². The Labute approximate surface area is 143 Å². The predicted octanol–water partition coefficient (Wildman–Crippen LogP) is 1.92. The molecule has 0 aliphatic carbocycles. The zero-order valence-corrected chi connectivity index (χ0v) is 13.5. The summed E-state index contributed by atoms with van der Waals surface area (Å²) in [6.07, 6.45) is 5.09. The van der Waals surface area contributed by atoms with Crippen LogP contribution in [0.2, 0.25) is 0 Å². The number of carbonyl (C=O) groups is 1.